The van der Waals surface area contributed by atoms with Crippen LogP contribution in [0.2, 0.25) is 10.0 Å². The third kappa shape index (κ3) is 7.88. The fourth-order valence-electron chi connectivity index (χ4n) is 4.57. The summed E-state index contributed by atoms with van der Waals surface area (Å²) in [5.74, 6) is -1.27. The van der Waals surface area contributed by atoms with Crippen LogP contribution < -0.4 is 14.4 Å². The maximum Gasteiger partial charge on any atom is 0.264 e. The van der Waals surface area contributed by atoms with E-state index in [1.54, 1.807) is 18.2 Å². The van der Waals surface area contributed by atoms with Crippen molar-refractivity contribution in [2.24, 2.45) is 0 Å². The number of halogens is 3. The van der Waals surface area contributed by atoms with Gasteiger partial charge in [0.1, 0.15) is 24.2 Å². The molecule has 0 aliphatic carbocycles. The van der Waals surface area contributed by atoms with Gasteiger partial charge in [-0.2, -0.15) is 0 Å². The number of carbonyl (C=O) groups excluding carboxylic acids is 2. The second kappa shape index (κ2) is 14.6. The van der Waals surface area contributed by atoms with E-state index in [1.807, 2.05) is 30.3 Å². The Balaban J connectivity index is 1.79. The van der Waals surface area contributed by atoms with E-state index in [0.29, 0.717) is 16.3 Å². The zero-order valence-corrected chi connectivity index (χ0v) is 26.2. The number of ether oxygens (including phenoxy) is 1. The first-order valence-electron chi connectivity index (χ1n) is 13.4. The molecule has 0 aromatic heterocycles. The molecule has 1 N–H and O–H groups in total. The summed E-state index contributed by atoms with van der Waals surface area (Å²) in [6.07, 6.45) is 0.148. The van der Waals surface area contributed by atoms with Crippen molar-refractivity contribution in [1.29, 1.82) is 0 Å². The number of hydrogen-bond acceptors (Lipinski definition) is 5. The highest BCUT2D eigenvalue weighted by atomic mass is 35.5. The number of benzene rings is 4. The molecule has 0 bridgehead atoms. The van der Waals surface area contributed by atoms with Crippen molar-refractivity contribution in [2.45, 2.75) is 23.9 Å². The van der Waals surface area contributed by atoms with Gasteiger partial charge in [0.15, 0.2) is 0 Å². The number of amides is 2. The topological polar surface area (TPSA) is 96.0 Å². The summed E-state index contributed by atoms with van der Waals surface area (Å²) in [7, 11) is -1.44. The number of sulfonamides is 1. The van der Waals surface area contributed by atoms with Crippen molar-refractivity contribution < 1.29 is 27.1 Å². The van der Waals surface area contributed by atoms with Crippen LogP contribution in [0, 0.1) is 5.82 Å². The van der Waals surface area contributed by atoms with Crippen molar-refractivity contribution >= 4 is 50.7 Å². The van der Waals surface area contributed by atoms with E-state index in [4.69, 9.17) is 27.9 Å². The van der Waals surface area contributed by atoms with Gasteiger partial charge in [-0.1, -0.05) is 59.6 Å². The predicted octanol–water partition coefficient (Wildman–Crippen LogP) is 5.72. The van der Waals surface area contributed by atoms with Crippen molar-refractivity contribution in [2.75, 3.05) is 25.0 Å². The van der Waals surface area contributed by atoms with Gasteiger partial charge in [-0.25, -0.2) is 12.8 Å². The highest BCUT2D eigenvalue weighted by molar-refractivity contribution is 7.92. The predicted molar refractivity (Wildman–Crippen MR) is 169 cm³/mol. The van der Waals surface area contributed by atoms with Gasteiger partial charge in [-0.05, 0) is 71.8 Å². The van der Waals surface area contributed by atoms with Crippen LogP contribution in [0.15, 0.2) is 102 Å². The molecule has 4 rings (SSSR count). The molecule has 2 amide bonds. The molecule has 0 saturated carbocycles. The molecule has 4 aromatic rings. The largest absolute Gasteiger partial charge is 0.497 e. The lowest BCUT2D eigenvalue weighted by atomic mass is 10.0. The van der Waals surface area contributed by atoms with Gasteiger partial charge in [-0.3, -0.25) is 13.9 Å². The number of anilines is 1. The summed E-state index contributed by atoms with van der Waals surface area (Å²) in [5.41, 5.74) is 1.42. The van der Waals surface area contributed by atoms with Crippen molar-refractivity contribution in [3.05, 3.63) is 124 Å². The van der Waals surface area contributed by atoms with E-state index in [1.165, 1.54) is 55.5 Å². The maximum absolute atomic E-state index is 14.3. The van der Waals surface area contributed by atoms with Crippen molar-refractivity contribution in [3.8, 4) is 5.75 Å². The van der Waals surface area contributed by atoms with Gasteiger partial charge in [0.2, 0.25) is 11.8 Å². The lowest BCUT2D eigenvalue weighted by Gasteiger charge is -2.33. The first-order chi connectivity index (χ1) is 21.0. The fraction of sp³-hybridized carbons (Fsp3) is 0.188. The molecule has 0 fully saturated rings. The Morgan fingerprint density at radius 3 is 2.14 bits per heavy atom. The molecule has 44 heavy (non-hydrogen) atoms. The maximum atomic E-state index is 14.3. The summed E-state index contributed by atoms with van der Waals surface area (Å²) in [6, 6.07) is 23.4. The van der Waals surface area contributed by atoms with E-state index < -0.39 is 40.2 Å². The Morgan fingerprint density at radius 1 is 0.886 bits per heavy atom. The van der Waals surface area contributed by atoms with E-state index in [9.17, 15) is 22.4 Å². The van der Waals surface area contributed by atoms with Gasteiger partial charge in [0.25, 0.3) is 10.0 Å². The zero-order valence-electron chi connectivity index (χ0n) is 23.9. The van der Waals surface area contributed by atoms with E-state index in [-0.39, 0.29) is 28.6 Å². The normalized spacial score (nSPS) is 11.8. The minimum atomic E-state index is -4.35. The molecule has 0 aliphatic rings. The Hall–Kier alpha value is -4.12. The van der Waals surface area contributed by atoms with Crippen LogP contribution in [-0.4, -0.2) is 51.9 Å². The number of methoxy groups -OCH3 is 1. The SMILES string of the molecule is CNC(=O)[C@H](Cc1ccccc1)N(Cc1ccc(Cl)c(Cl)c1)C(=O)CN(c1ccc(F)cc1)S(=O)(=O)c1ccc(OC)cc1. The number of hydrogen-bond donors (Lipinski definition) is 1. The van der Waals surface area contributed by atoms with E-state index in [2.05, 4.69) is 5.32 Å². The van der Waals surface area contributed by atoms with Crippen molar-refractivity contribution in [3.63, 3.8) is 0 Å². The number of likely N-dealkylation sites (N-methyl/N-ethyl adjacent to an activating group) is 1. The van der Waals surface area contributed by atoms with E-state index in [0.717, 1.165) is 22.0 Å². The average molecular weight is 659 g/mol. The van der Waals surface area contributed by atoms with Gasteiger partial charge in [0.05, 0.1) is 27.7 Å². The van der Waals surface area contributed by atoms with Crippen molar-refractivity contribution in [1.82, 2.24) is 10.2 Å². The Kier molecular flexibility index (Phi) is 10.9. The minimum Gasteiger partial charge on any atom is -0.497 e. The number of nitrogens with zero attached hydrogens (tertiary/aromatic N) is 2. The molecule has 0 heterocycles. The molecule has 0 saturated heterocycles. The van der Waals surface area contributed by atoms with Crippen LogP contribution in [0.1, 0.15) is 11.1 Å². The van der Waals surface area contributed by atoms with Crippen LogP contribution in [-0.2, 0) is 32.6 Å². The highest BCUT2D eigenvalue weighted by Gasteiger charge is 2.34. The van der Waals surface area contributed by atoms with Crippen LogP contribution in [0.25, 0.3) is 0 Å². The Morgan fingerprint density at radius 2 is 1.55 bits per heavy atom. The number of rotatable bonds is 12. The average Bonchev–Trinajstić information content (AvgIpc) is 3.03. The van der Waals surface area contributed by atoms with Gasteiger partial charge >= 0.3 is 0 Å². The summed E-state index contributed by atoms with van der Waals surface area (Å²) in [4.78, 5) is 28.8. The molecule has 8 nitrogen and oxygen atoms in total. The monoisotopic (exact) mass is 657 g/mol. The fourth-order valence-corrected chi connectivity index (χ4v) is 6.30. The number of nitrogens with one attached hydrogen (secondary N) is 1. The highest BCUT2D eigenvalue weighted by Crippen LogP contribution is 2.28. The molecular weight excluding hydrogens is 628 g/mol. The molecule has 1 atom stereocenters. The van der Waals surface area contributed by atoms with Gasteiger partial charge < -0.3 is 15.0 Å². The Labute approximate surface area is 266 Å². The molecular formula is C32H30Cl2FN3O5S. The van der Waals surface area contributed by atoms with Gasteiger partial charge in [0, 0.05) is 20.0 Å². The van der Waals surface area contributed by atoms with Crippen LogP contribution in [0.5, 0.6) is 5.75 Å². The molecule has 230 valence electrons. The Bertz CT molecular complexity index is 1710. The smallest absolute Gasteiger partial charge is 0.264 e. The summed E-state index contributed by atoms with van der Waals surface area (Å²) in [6.45, 7) is -0.774. The van der Waals surface area contributed by atoms with E-state index >= 15 is 0 Å². The molecule has 0 aliphatic heterocycles. The second-order valence-electron chi connectivity index (χ2n) is 9.75. The zero-order chi connectivity index (χ0) is 31.9. The molecule has 0 spiro atoms. The van der Waals surface area contributed by atoms with Crippen LogP contribution in [0.3, 0.4) is 0 Å². The minimum absolute atomic E-state index is 0.0598. The third-order valence-electron chi connectivity index (χ3n) is 6.90. The molecule has 0 unspecified atom stereocenters. The second-order valence-corrected chi connectivity index (χ2v) is 12.4. The first-order valence-corrected chi connectivity index (χ1v) is 15.6. The molecule has 12 heteroatoms. The first kappa shape index (κ1) is 32.8. The summed E-state index contributed by atoms with van der Waals surface area (Å²) >= 11 is 12.4. The lowest BCUT2D eigenvalue weighted by Crippen LogP contribution is -2.53. The van der Waals surface area contributed by atoms with Crippen LogP contribution >= 0.6 is 23.2 Å². The number of carbonyl (C=O) groups is 2. The summed E-state index contributed by atoms with van der Waals surface area (Å²) < 4.78 is 47.9. The van der Waals surface area contributed by atoms with Gasteiger partial charge in [-0.15, -0.1) is 0 Å². The standard InChI is InChI=1S/C32H30Cl2FN3O5S/c1-36-32(40)30(19-22-6-4-3-5-7-22)37(20-23-8-17-28(33)29(34)18-23)31(39)21-38(25-11-9-24(35)10-12-25)44(41,42)27-15-13-26(43-2)14-16-27/h3-18,30H,19-21H2,1-2H3,(H,36,40)/t30-/m0/s1. The quantitative estimate of drug-likeness (QED) is 0.210. The third-order valence-corrected chi connectivity index (χ3v) is 9.42. The molecule has 0 radical (unpaired) electrons. The lowest BCUT2D eigenvalue weighted by molar-refractivity contribution is -0.139. The summed E-state index contributed by atoms with van der Waals surface area (Å²) in [5, 5.41) is 3.19. The molecule has 4 aromatic carbocycles. The van der Waals surface area contributed by atoms with Crippen LogP contribution in [0.4, 0.5) is 10.1 Å².